The normalized spacial score (nSPS) is 17.1. The Labute approximate surface area is 179 Å². The van der Waals surface area contributed by atoms with E-state index in [4.69, 9.17) is 16.6 Å². The van der Waals surface area contributed by atoms with Crippen molar-refractivity contribution in [3.8, 4) is 0 Å². The summed E-state index contributed by atoms with van der Waals surface area (Å²) in [7, 11) is 0. The molecule has 0 aliphatic carbocycles. The lowest BCUT2D eigenvalue weighted by Gasteiger charge is -2.34. The molecule has 0 amide bonds. The van der Waals surface area contributed by atoms with Crippen molar-refractivity contribution >= 4 is 46.2 Å². The fourth-order valence-corrected chi connectivity index (χ4v) is 6.21. The summed E-state index contributed by atoms with van der Waals surface area (Å²) < 4.78 is 7.57. The van der Waals surface area contributed by atoms with Gasteiger partial charge in [0.25, 0.3) is 4.84 Å². The van der Waals surface area contributed by atoms with Crippen LogP contribution in [0.15, 0.2) is 38.8 Å². The summed E-state index contributed by atoms with van der Waals surface area (Å²) in [5, 5.41) is 12.1. The van der Waals surface area contributed by atoms with Crippen molar-refractivity contribution in [3.63, 3.8) is 0 Å². The number of hydrogen-bond acceptors (Lipinski definition) is 8. The van der Waals surface area contributed by atoms with Crippen LogP contribution in [0.25, 0.3) is 0 Å². The fourth-order valence-electron chi connectivity index (χ4n) is 3.63. The van der Waals surface area contributed by atoms with Crippen LogP contribution in [0.3, 0.4) is 0 Å². The molecule has 9 heteroatoms. The summed E-state index contributed by atoms with van der Waals surface area (Å²) in [5.74, 6) is 0.621. The third-order valence-electron chi connectivity index (χ3n) is 4.84. The smallest absolute Gasteiger partial charge is 0.288 e. The Morgan fingerprint density at radius 1 is 1.25 bits per heavy atom. The predicted octanol–water partition coefficient (Wildman–Crippen LogP) is 5.29. The third kappa shape index (κ3) is 3.53. The van der Waals surface area contributed by atoms with Gasteiger partial charge in [-0.3, -0.25) is 4.90 Å². The van der Waals surface area contributed by atoms with Crippen molar-refractivity contribution in [2.24, 2.45) is 0 Å². The molecule has 28 heavy (non-hydrogen) atoms. The average Bonchev–Trinajstić information content (AvgIpc) is 3.45. The van der Waals surface area contributed by atoms with Gasteiger partial charge in [-0.2, -0.15) is 0 Å². The van der Waals surface area contributed by atoms with Gasteiger partial charge in [-0.15, -0.1) is 39.1 Å². The van der Waals surface area contributed by atoms with E-state index in [2.05, 4.69) is 43.9 Å². The van der Waals surface area contributed by atoms with Gasteiger partial charge < -0.3 is 4.42 Å². The molecule has 4 aromatic heterocycles. The van der Waals surface area contributed by atoms with Gasteiger partial charge in [-0.25, -0.2) is 9.67 Å². The standard InChI is InChI=1S/C19H18N4OS4/c1-12-20-13(10-28-12)9-17-21-23(19(25)24-17)11-22-6-4-15-14(5-8-27-15)18(22)16-3-2-7-26-16/h2-3,5,7-8,10,18H,4,6,9,11H2,1H3/t18-/m0/s1. The van der Waals surface area contributed by atoms with Crippen molar-refractivity contribution in [1.29, 1.82) is 0 Å². The molecule has 0 radical (unpaired) electrons. The van der Waals surface area contributed by atoms with E-state index in [0.29, 0.717) is 23.8 Å². The molecule has 1 atom stereocenters. The molecular formula is C19H18N4OS4. The molecule has 5 rings (SSSR count). The minimum atomic E-state index is 0.248. The first-order valence-corrected chi connectivity index (χ1v) is 12.0. The molecule has 0 aromatic carbocycles. The lowest BCUT2D eigenvalue weighted by Crippen LogP contribution is -2.36. The summed E-state index contributed by atoms with van der Waals surface area (Å²) in [6.45, 7) is 3.60. The largest absolute Gasteiger partial charge is 0.414 e. The van der Waals surface area contributed by atoms with Gasteiger partial charge >= 0.3 is 0 Å². The molecule has 0 unspecified atom stereocenters. The quantitative estimate of drug-likeness (QED) is 0.390. The van der Waals surface area contributed by atoms with Crippen molar-refractivity contribution in [2.75, 3.05) is 6.54 Å². The van der Waals surface area contributed by atoms with Gasteiger partial charge in [0.1, 0.15) is 0 Å². The van der Waals surface area contributed by atoms with Crippen molar-refractivity contribution in [1.82, 2.24) is 19.7 Å². The van der Waals surface area contributed by atoms with E-state index in [1.165, 1.54) is 15.3 Å². The van der Waals surface area contributed by atoms with Gasteiger partial charge in [-0.05, 0) is 54.0 Å². The monoisotopic (exact) mass is 446 g/mol. The molecule has 0 bridgehead atoms. The molecule has 0 saturated heterocycles. The second kappa shape index (κ2) is 7.64. The Balaban J connectivity index is 1.41. The van der Waals surface area contributed by atoms with E-state index in [1.54, 1.807) is 22.7 Å². The molecule has 5 heterocycles. The van der Waals surface area contributed by atoms with E-state index in [9.17, 15) is 0 Å². The minimum Gasteiger partial charge on any atom is -0.414 e. The third-order valence-corrected chi connectivity index (χ3v) is 7.88. The van der Waals surface area contributed by atoms with Gasteiger partial charge in [-0.1, -0.05) is 6.07 Å². The van der Waals surface area contributed by atoms with Gasteiger partial charge in [0.05, 0.1) is 29.8 Å². The SMILES string of the molecule is Cc1nc(Cc2nn(CN3CCc4sccc4[C@H]3c3cccs3)c(=S)o2)cs1. The highest BCUT2D eigenvalue weighted by Crippen LogP contribution is 2.39. The topological polar surface area (TPSA) is 47.1 Å². The Morgan fingerprint density at radius 2 is 2.18 bits per heavy atom. The summed E-state index contributed by atoms with van der Waals surface area (Å²) >= 11 is 10.8. The van der Waals surface area contributed by atoms with Crippen molar-refractivity contribution in [3.05, 3.63) is 71.1 Å². The van der Waals surface area contributed by atoms with Crippen LogP contribution in [-0.2, 0) is 19.5 Å². The van der Waals surface area contributed by atoms with E-state index in [-0.39, 0.29) is 6.04 Å². The van der Waals surface area contributed by atoms with Gasteiger partial charge in [0.15, 0.2) is 0 Å². The van der Waals surface area contributed by atoms with Crippen LogP contribution in [0.2, 0.25) is 0 Å². The Bertz CT molecular complexity index is 1140. The minimum absolute atomic E-state index is 0.248. The molecule has 5 nitrogen and oxygen atoms in total. The first-order chi connectivity index (χ1) is 13.7. The predicted molar refractivity (Wildman–Crippen MR) is 116 cm³/mol. The van der Waals surface area contributed by atoms with Crippen LogP contribution >= 0.6 is 46.2 Å². The second-order valence-corrected chi connectivity index (χ2v) is 10.1. The second-order valence-electron chi connectivity index (χ2n) is 6.72. The first kappa shape index (κ1) is 18.4. The molecule has 0 spiro atoms. The van der Waals surface area contributed by atoms with Crippen LogP contribution in [0.4, 0.5) is 0 Å². The lowest BCUT2D eigenvalue weighted by molar-refractivity contribution is 0.156. The highest BCUT2D eigenvalue weighted by Gasteiger charge is 2.31. The fraction of sp³-hybridized carbons (Fsp3) is 0.316. The molecule has 1 aliphatic heterocycles. The summed E-state index contributed by atoms with van der Waals surface area (Å²) in [6, 6.07) is 6.84. The zero-order valence-corrected chi connectivity index (χ0v) is 18.5. The van der Waals surface area contributed by atoms with E-state index in [1.807, 2.05) is 28.3 Å². The van der Waals surface area contributed by atoms with Crippen LogP contribution in [0.1, 0.15) is 38.0 Å². The number of hydrogen-bond donors (Lipinski definition) is 0. The van der Waals surface area contributed by atoms with Crippen molar-refractivity contribution < 1.29 is 4.42 Å². The Kier molecular flexibility index (Phi) is 5.02. The average molecular weight is 447 g/mol. The molecule has 0 N–H and O–H groups in total. The maximum Gasteiger partial charge on any atom is 0.288 e. The summed E-state index contributed by atoms with van der Waals surface area (Å²) in [4.78, 5) is 10.2. The molecule has 144 valence electrons. The van der Waals surface area contributed by atoms with Crippen LogP contribution < -0.4 is 0 Å². The molecule has 0 saturated carbocycles. The highest BCUT2D eigenvalue weighted by atomic mass is 32.1. The first-order valence-electron chi connectivity index (χ1n) is 8.99. The zero-order chi connectivity index (χ0) is 19.1. The number of rotatable bonds is 5. The van der Waals surface area contributed by atoms with Gasteiger partial charge in [0.2, 0.25) is 5.89 Å². The Hall–Kier alpha value is -1.65. The number of nitrogens with zero attached hydrogens (tertiary/aromatic N) is 4. The molecule has 0 fully saturated rings. The Morgan fingerprint density at radius 3 is 2.96 bits per heavy atom. The maximum atomic E-state index is 5.76. The highest BCUT2D eigenvalue weighted by molar-refractivity contribution is 7.71. The molecular weight excluding hydrogens is 429 g/mol. The number of fused-ring (bicyclic) bond motifs is 1. The maximum absolute atomic E-state index is 5.76. The van der Waals surface area contributed by atoms with E-state index < -0.39 is 0 Å². The number of aryl methyl sites for hydroxylation is 1. The summed E-state index contributed by atoms with van der Waals surface area (Å²) in [5.41, 5.74) is 2.38. The molecule has 4 aromatic rings. The number of aromatic nitrogens is 3. The number of thiophene rings is 2. The van der Waals surface area contributed by atoms with Crippen LogP contribution in [0.5, 0.6) is 0 Å². The number of thiazole rings is 1. The van der Waals surface area contributed by atoms with E-state index in [0.717, 1.165) is 23.7 Å². The van der Waals surface area contributed by atoms with Crippen LogP contribution in [0, 0.1) is 11.8 Å². The van der Waals surface area contributed by atoms with E-state index >= 15 is 0 Å². The molecule has 1 aliphatic rings. The van der Waals surface area contributed by atoms with Crippen LogP contribution in [-0.4, -0.2) is 26.2 Å². The van der Waals surface area contributed by atoms with Gasteiger partial charge in [0, 0.05) is 21.7 Å². The zero-order valence-electron chi connectivity index (χ0n) is 15.2. The summed E-state index contributed by atoms with van der Waals surface area (Å²) in [6.07, 6.45) is 1.63. The van der Waals surface area contributed by atoms with Crippen molar-refractivity contribution in [2.45, 2.75) is 32.5 Å². The lowest BCUT2D eigenvalue weighted by atomic mass is 9.99.